The molecule has 0 saturated carbocycles. The van der Waals surface area contributed by atoms with Crippen LogP contribution in [0.5, 0.6) is 0 Å². The molecule has 0 saturated heterocycles. The first-order valence-corrected chi connectivity index (χ1v) is 9.34. The van der Waals surface area contributed by atoms with Crippen LogP contribution in [-0.4, -0.2) is 6.54 Å². The van der Waals surface area contributed by atoms with Gasteiger partial charge < -0.3 is 4.90 Å². The molecule has 0 radical (unpaired) electrons. The Balaban J connectivity index is 2.31. The molecular weight excluding hydrogens is 346 g/mol. The molecular formula is C21H28BrN. The van der Waals surface area contributed by atoms with Crippen LogP contribution in [0.25, 0.3) is 0 Å². The molecule has 124 valence electrons. The standard InChI is InChI=1S/C21H28BrN/c1-6-23(20-11-9-19(22)10-12-20)14-18-8-7-17(15(2)3)13-21(18)16(4)5/h7-13,15-16H,6,14H2,1-5H3. The minimum Gasteiger partial charge on any atom is -0.367 e. The lowest BCUT2D eigenvalue weighted by Crippen LogP contribution is -2.23. The Morgan fingerprint density at radius 1 is 0.913 bits per heavy atom. The van der Waals surface area contributed by atoms with Crippen molar-refractivity contribution in [2.24, 2.45) is 0 Å². The molecule has 0 fully saturated rings. The molecule has 0 unspecified atom stereocenters. The zero-order valence-electron chi connectivity index (χ0n) is 14.9. The molecule has 0 amide bonds. The van der Waals surface area contributed by atoms with Gasteiger partial charge >= 0.3 is 0 Å². The summed E-state index contributed by atoms with van der Waals surface area (Å²) in [5.41, 5.74) is 5.63. The summed E-state index contributed by atoms with van der Waals surface area (Å²) in [4.78, 5) is 2.43. The fraction of sp³-hybridized carbons (Fsp3) is 0.429. The second-order valence-electron chi connectivity index (χ2n) is 6.76. The van der Waals surface area contributed by atoms with Crippen molar-refractivity contribution >= 4 is 21.6 Å². The van der Waals surface area contributed by atoms with Crippen molar-refractivity contribution in [2.45, 2.75) is 53.0 Å². The number of nitrogens with zero attached hydrogens (tertiary/aromatic N) is 1. The summed E-state index contributed by atoms with van der Waals surface area (Å²) < 4.78 is 1.13. The van der Waals surface area contributed by atoms with Gasteiger partial charge in [0.15, 0.2) is 0 Å². The summed E-state index contributed by atoms with van der Waals surface area (Å²) in [6.45, 7) is 13.3. The fourth-order valence-corrected chi connectivity index (χ4v) is 3.16. The van der Waals surface area contributed by atoms with Crippen molar-refractivity contribution in [3.05, 3.63) is 63.6 Å². The van der Waals surface area contributed by atoms with Gasteiger partial charge in [0.1, 0.15) is 0 Å². The quantitative estimate of drug-likeness (QED) is 0.542. The van der Waals surface area contributed by atoms with Crippen LogP contribution in [0.2, 0.25) is 0 Å². The molecule has 0 bridgehead atoms. The van der Waals surface area contributed by atoms with Crippen molar-refractivity contribution in [1.82, 2.24) is 0 Å². The van der Waals surface area contributed by atoms with Crippen LogP contribution in [0.15, 0.2) is 46.9 Å². The van der Waals surface area contributed by atoms with Crippen molar-refractivity contribution in [1.29, 1.82) is 0 Å². The molecule has 2 aromatic rings. The monoisotopic (exact) mass is 373 g/mol. The molecule has 2 aromatic carbocycles. The maximum absolute atomic E-state index is 3.52. The Bertz CT molecular complexity index is 629. The van der Waals surface area contributed by atoms with E-state index in [0.29, 0.717) is 11.8 Å². The highest BCUT2D eigenvalue weighted by molar-refractivity contribution is 9.10. The summed E-state index contributed by atoms with van der Waals surface area (Å²) in [6, 6.07) is 15.6. The van der Waals surface area contributed by atoms with Crippen LogP contribution in [0.3, 0.4) is 0 Å². The number of hydrogen-bond donors (Lipinski definition) is 0. The summed E-state index contributed by atoms with van der Waals surface area (Å²) in [6.07, 6.45) is 0. The van der Waals surface area contributed by atoms with Crippen molar-refractivity contribution in [3.8, 4) is 0 Å². The van der Waals surface area contributed by atoms with Crippen LogP contribution >= 0.6 is 15.9 Å². The van der Waals surface area contributed by atoms with E-state index in [-0.39, 0.29) is 0 Å². The predicted octanol–water partition coefficient (Wildman–Crippen LogP) is 6.72. The first kappa shape index (κ1) is 18.1. The minimum absolute atomic E-state index is 0.548. The molecule has 0 atom stereocenters. The third-order valence-corrected chi connectivity index (χ3v) is 4.92. The maximum atomic E-state index is 3.52. The van der Waals surface area contributed by atoms with Crippen molar-refractivity contribution in [3.63, 3.8) is 0 Å². The summed E-state index contributed by atoms with van der Waals surface area (Å²) in [7, 11) is 0. The van der Waals surface area contributed by atoms with Crippen LogP contribution in [0.1, 0.15) is 63.1 Å². The summed E-state index contributed by atoms with van der Waals surface area (Å²) in [5.74, 6) is 1.13. The summed E-state index contributed by atoms with van der Waals surface area (Å²) >= 11 is 3.52. The van der Waals surface area contributed by atoms with Crippen LogP contribution in [-0.2, 0) is 6.54 Å². The van der Waals surface area contributed by atoms with Gasteiger partial charge in [0, 0.05) is 23.2 Å². The SMILES string of the molecule is CCN(Cc1ccc(C(C)C)cc1C(C)C)c1ccc(Br)cc1. The van der Waals surface area contributed by atoms with Crippen LogP contribution in [0, 0.1) is 0 Å². The van der Waals surface area contributed by atoms with Gasteiger partial charge in [0.05, 0.1) is 0 Å². The minimum atomic E-state index is 0.548. The molecule has 0 aromatic heterocycles. The zero-order valence-corrected chi connectivity index (χ0v) is 16.5. The highest BCUT2D eigenvalue weighted by Gasteiger charge is 2.13. The molecule has 23 heavy (non-hydrogen) atoms. The molecule has 0 aliphatic heterocycles. The van der Waals surface area contributed by atoms with Gasteiger partial charge in [-0.25, -0.2) is 0 Å². The largest absolute Gasteiger partial charge is 0.367 e. The van der Waals surface area contributed by atoms with Crippen molar-refractivity contribution in [2.75, 3.05) is 11.4 Å². The van der Waals surface area contributed by atoms with E-state index in [2.05, 4.69) is 97.9 Å². The molecule has 1 nitrogen and oxygen atoms in total. The first-order valence-electron chi connectivity index (χ1n) is 8.55. The fourth-order valence-electron chi connectivity index (χ4n) is 2.90. The molecule has 0 N–H and O–H groups in total. The smallest absolute Gasteiger partial charge is 0.0432 e. The van der Waals surface area contributed by atoms with E-state index in [0.717, 1.165) is 17.6 Å². The second kappa shape index (κ2) is 8.01. The lowest BCUT2D eigenvalue weighted by atomic mass is 9.91. The van der Waals surface area contributed by atoms with Gasteiger partial charge in [-0.05, 0) is 59.7 Å². The zero-order chi connectivity index (χ0) is 17.0. The lowest BCUT2D eigenvalue weighted by Gasteiger charge is -2.26. The molecule has 2 heteroatoms. The average Bonchev–Trinajstić information content (AvgIpc) is 2.53. The highest BCUT2D eigenvalue weighted by atomic mass is 79.9. The number of rotatable bonds is 6. The number of hydrogen-bond acceptors (Lipinski definition) is 1. The number of halogens is 1. The topological polar surface area (TPSA) is 3.24 Å². The van der Waals surface area contributed by atoms with E-state index in [9.17, 15) is 0 Å². The lowest BCUT2D eigenvalue weighted by molar-refractivity contribution is 0.780. The molecule has 0 heterocycles. The third kappa shape index (κ3) is 4.60. The van der Waals surface area contributed by atoms with E-state index in [1.54, 1.807) is 0 Å². The Morgan fingerprint density at radius 3 is 2.09 bits per heavy atom. The normalized spacial score (nSPS) is 11.3. The van der Waals surface area contributed by atoms with E-state index < -0.39 is 0 Å². The molecule has 0 aliphatic rings. The van der Waals surface area contributed by atoms with Crippen LogP contribution < -0.4 is 4.90 Å². The van der Waals surface area contributed by atoms with Gasteiger partial charge in [-0.2, -0.15) is 0 Å². The summed E-state index contributed by atoms with van der Waals surface area (Å²) in [5, 5.41) is 0. The average molecular weight is 374 g/mol. The Hall–Kier alpha value is -1.28. The number of anilines is 1. The maximum Gasteiger partial charge on any atom is 0.0432 e. The van der Waals surface area contributed by atoms with Gasteiger partial charge in [-0.15, -0.1) is 0 Å². The second-order valence-corrected chi connectivity index (χ2v) is 7.67. The Kier molecular flexibility index (Phi) is 6.29. The Morgan fingerprint density at radius 2 is 1.57 bits per heavy atom. The molecule has 0 spiro atoms. The van der Waals surface area contributed by atoms with Gasteiger partial charge in [0.25, 0.3) is 0 Å². The van der Waals surface area contributed by atoms with Crippen LogP contribution in [0.4, 0.5) is 5.69 Å². The van der Waals surface area contributed by atoms with Gasteiger partial charge in [-0.1, -0.05) is 61.8 Å². The van der Waals surface area contributed by atoms with Gasteiger partial charge in [0.2, 0.25) is 0 Å². The third-order valence-electron chi connectivity index (χ3n) is 4.39. The first-order chi connectivity index (χ1) is 10.9. The van der Waals surface area contributed by atoms with Gasteiger partial charge in [-0.3, -0.25) is 0 Å². The number of benzene rings is 2. The molecule has 0 aliphatic carbocycles. The van der Waals surface area contributed by atoms with E-state index in [1.807, 2.05) is 0 Å². The van der Waals surface area contributed by atoms with E-state index in [4.69, 9.17) is 0 Å². The van der Waals surface area contributed by atoms with E-state index in [1.165, 1.54) is 22.4 Å². The highest BCUT2D eigenvalue weighted by Crippen LogP contribution is 2.27. The van der Waals surface area contributed by atoms with E-state index >= 15 is 0 Å². The van der Waals surface area contributed by atoms with Crippen molar-refractivity contribution < 1.29 is 0 Å². The predicted molar refractivity (Wildman–Crippen MR) is 105 cm³/mol. The Labute approximate surface area is 149 Å². The molecule has 2 rings (SSSR count).